The van der Waals surface area contributed by atoms with Crippen molar-refractivity contribution in [2.24, 2.45) is 23.7 Å². The number of hydrogen-bond donors (Lipinski definition) is 2. The van der Waals surface area contributed by atoms with Crippen LogP contribution in [0, 0.1) is 23.7 Å². The molecule has 0 aliphatic heterocycles. The van der Waals surface area contributed by atoms with E-state index in [0.717, 1.165) is 32.1 Å². The summed E-state index contributed by atoms with van der Waals surface area (Å²) in [7, 11) is 0. The summed E-state index contributed by atoms with van der Waals surface area (Å²) in [4.78, 5) is 35.7. The largest absolute Gasteiger partial charge is 0.356 e. The van der Waals surface area contributed by atoms with Crippen LogP contribution in [0.15, 0.2) is 0 Å². The maximum Gasteiger partial charge on any atom is 0.220 e. The third kappa shape index (κ3) is 9.35. The van der Waals surface area contributed by atoms with Crippen LogP contribution in [-0.2, 0) is 14.4 Å². The third-order valence-electron chi connectivity index (χ3n) is 5.26. The van der Waals surface area contributed by atoms with E-state index in [2.05, 4.69) is 24.5 Å². The fourth-order valence-electron chi connectivity index (χ4n) is 3.47. The molecule has 2 amide bonds. The molecular formula is C21H38N2O3. The zero-order valence-corrected chi connectivity index (χ0v) is 17.1. The summed E-state index contributed by atoms with van der Waals surface area (Å²) in [6, 6.07) is 0. The molecule has 1 saturated carbocycles. The number of ketones is 1. The van der Waals surface area contributed by atoms with E-state index >= 15 is 0 Å². The van der Waals surface area contributed by atoms with Crippen molar-refractivity contribution in [1.29, 1.82) is 0 Å². The van der Waals surface area contributed by atoms with Gasteiger partial charge in [-0.15, -0.1) is 0 Å². The molecule has 2 N–H and O–H groups in total. The molecular weight excluding hydrogens is 328 g/mol. The van der Waals surface area contributed by atoms with Crippen LogP contribution in [0.3, 0.4) is 0 Å². The van der Waals surface area contributed by atoms with Crippen LogP contribution >= 0.6 is 0 Å². The predicted molar refractivity (Wildman–Crippen MR) is 105 cm³/mol. The first kappa shape index (κ1) is 22.7. The van der Waals surface area contributed by atoms with E-state index in [1.165, 1.54) is 0 Å². The van der Waals surface area contributed by atoms with Gasteiger partial charge in [-0.05, 0) is 50.4 Å². The van der Waals surface area contributed by atoms with Crippen molar-refractivity contribution in [3.05, 3.63) is 0 Å². The number of carbonyl (C=O) groups excluding carboxylic acids is 3. The van der Waals surface area contributed by atoms with Gasteiger partial charge in [0.2, 0.25) is 11.8 Å². The number of amides is 2. The van der Waals surface area contributed by atoms with E-state index in [9.17, 15) is 14.4 Å². The van der Waals surface area contributed by atoms with Gasteiger partial charge in [0.1, 0.15) is 5.78 Å². The second-order valence-electron chi connectivity index (χ2n) is 8.46. The lowest BCUT2D eigenvalue weighted by Gasteiger charge is -2.28. The van der Waals surface area contributed by atoms with Crippen molar-refractivity contribution in [3.8, 4) is 0 Å². The van der Waals surface area contributed by atoms with Crippen LogP contribution in [0.25, 0.3) is 0 Å². The number of Topliss-reactive ketones (excluding diaryl/α,β-unsaturated/α-hetero) is 1. The van der Waals surface area contributed by atoms with Gasteiger partial charge in [0.25, 0.3) is 0 Å². The molecule has 26 heavy (non-hydrogen) atoms. The smallest absolute Gasteiger partial charge is 0.220 e. The molecule has 5 nitrogen and oxygen atoms in total. The second kappa shape index (κ2) is 12.1. The summed E-state index contributed by atoms with van der Waals surface area (Å²) in [6.07, 6.45) is 6.32. The Labute approximate surface area is 159 Å². The number of rotatable bonds is 11. The van der Waals surface area contributed by atoms with Crippen molar-refractivity contribution in [3.63, 3.8) is 0 Å². The highest BCUT2D eigenvalue weighted by Crippen LogP contribution is 2.30. The van der Waals surface area contributed by atoms with Crippen LogP contribution in [-0.4, -0.2) is 30.7 Å². The van der Waals surface area contributed by atoms with Crippen molar-refractivity contribution in [2.75, 3.05) is 13.1 Å². The van der Waals surface area contributed by atoms with Crippen molar-refractivity contribution in [2.45, 2.75) is 79.1 Å². The normalized spacial score (nSPS) is 20.2. The lowest BCUT2D eigenvalue weighted by Crippen LogP contribution is -2.33. The molecule has 0 spiro atoms. The van der Waals surface area contributed by atoms with Gasteiger partial charge >= 0.3 is 0 Å². The van der Waals surface area contributed by atoms with Crippen LogP contribution in [0.2, 0.25) is 0 Å². The van der Waals surface area contributed by atoms with Gasteiger partial charge in [0, 0.05) is 37.8 Å². The minimum absolute atomic E-state index is 0.0281. The van der Waals surface area contributed by atoms with E-state index in [1.807, 2.05) is 13.8 Å². The first-order chi connectivity index (χ1) is 12.3. The molecule has 0 bridgehead atoms. The van der Waals surface area contributed by atoms with Crippen LogP contribution in [0.4, 0.5) is 0 Å². The Morgan fingerprint density at radius 3 is 2.00 bits per heavy atom. The minimum atomic E-state index is 0.0281. The number of carbonyl (C=O) groups is 3. The molecule has 1 fully saturated rings. The van der Waals surface area contributed by atoms with E-state index in [0.29, 0.717) is 50.0 Å². The molecule has 0 saturated heterocycles. The predicted octanol–water partition coefficient (Wildman–Crippen LogP) is 3.47. The Balaban J connectivity index is 2.09. The van der Waals surface area contributed by atoms with Gasteiger partial charge in [-0.3, -0.25) is 14.4 Å². The van der Waals surface area contributed by atoms with Crippen molar-refractivity contribution >= 4 is 17.6 Å². The van der Waals surface area contributed by atoms with E-state index in [1.54, 1.807) is 0 Å². The van der Waals surface area contributed by atoms with Crippen LogP contribution < -0.4 is 10.6 Å². The summed E-state index contributed by atoms with van der Waals surface area (Å²) in [5.74, 6) is 1.86. The average Bonchev–Trinajstić information content (AvgIpc) is 2.59. The average molecular weight is 367 g/mol. The van der Waals surface area contributed by atoms with Gasteiger partial charge in [0.15, 0.2) is 0 Å². The highest BCUT2D eigenvalue weighted by atomic mass is 16.2. The number of nitrogens with one attached hydrogen (secondary N) is 2. The summed E-state index contributed by atoms with van der Waals surface area (Å²) in [5, 5.41) is 5.89. The SMILES string of the molecule is CC(C)CCNC(=O)CCCC(=O)NCC1CCC(C(=O)C(C)C)CC1. The summed E-state index contributed by atoms with van der Waals surface area (Å²) < 4.78 is 0. The van der Waals surface area contributed by atoms with Gasteiger partial charge in [-0.1, -0.05) is 27.7 Å². The first-order valence-corrected chi connectivity index (χ1v) is 10.4. The van der Waals surface area contributed by atoms with Crippen molar-refractivity contribution < 1.29 is 14.4 Å². The molecule has 0 aromatic carbocycles. The minimum Gasteiger partial charge on any atom is -0.356 e. The Hall–Kier alpha value is -1.39. The number of hydrogen-bond acceptors (Lipinski definition) is 3. The van der Waals surface area contributed by atoms with Gasteiger partial charge in [0.05, 0.1) is 0 Å². The van der Waals surface area contributed by atoms with Gasteiger partial charge < -0.3 is 10.6 Å². The van der Waals surface area contributed by atoms with Crippen LogP contribution in [0.5, 0.6) is 0 Å². The monoisotopic (exact) mass is 366 g/mol. The molecule has 1 rings (SSSR count). The summed E-state index contributed by atoms with van der Waals surface area (Å²) >= 11 is 0. The third-order valence-corrected chi connectivity index (χ3v) is 5.26. The Kier molecular flexibility index (Phi) is 10.5. The fraction of sp³-hybridized carbons (Fsp3) is 0.857. The highest BCUT2D eigenvalue weighted by molar-refractivity contribution is 5.82. The van der Waals surface area contributed by atoms with Gasteiger partial charge in [-0.2, -0.15) is 0 Å². The summed E-state index contributed by atoms with van der Waals surface area (Å²) in [6.45, 7) is 9.61. The maximum atomic E-state index is 12.0. The topological polar surface area (TPSA) is 75.3 Å². The maximum absolute atomic E-state index is 12.0. The van der Waals surface area contributed by atoms with E-state index in [4.69, 9.17) is 0 Å². The fourth-order valence-corrected chi connectivity index (χ4v) is 3.47. The Morgan fingerprint density at radius 1 is 0.885 bits per heavy atom. The zero-order valence-electron chi connectivity index (χ0n) is 17.1. The standard InChI is InChI=1S/C21H38N2O3/c1-15(2)12-13-22-19(24)6-5-7-20(25)23-14-17-8-10-18(11-9-17)21(26)16(3)4/h15-18H,5-14H2,1-4H3,(H,22,24)(H,23,25). The Bertz CT molecular complexity index is 452. The molecule has 0 aromatic heterocycles. The quantitative estimate of drug-likeness (QED) is 0.588. The van der Waals surface area contributed by atoms with Gasteiger partial charge in [-0.25, -0.2) is 0 Å². The first-order valence-electron chi connectivity index (χ1n) is 10.4. The molecule has 1 aliphatic rings. The molecule has 1 aliphatic carbocycles. The summed E-state index contributed by atoms with van der Waals surface area (Å²) in [5.41, 5.74) is 0. The molecule has 0 radical (unpaired) electrons. The zero-order chi connectivity index (χ0) is 19.5. The molecule has 0 aromatic rings. The van der Waals surface area contributed by atoms with Crippen LogP contribution in [0.1, 0.15) is 79.1 Å². The molecule has 0 atom stereocenters. The Morgan fingerprint density at radius 2 is 1.46 bits per heavy atom. The van der Waals surface area contributed by atoms with Crippen molar-refractivity contribution in [1.82, 2.24) is 10.6 Å². The molecule has 5 heteroatoms. The lowest BCUT2D eigenvalue weighted by molar-refractivity contribution is -0.127. The van der Waals surface area contributed by atoms with E-state index < -0.39 is 0 Å². The molecule has 0 heterocycles. The second-order valence-corrected chi connectivity index (χ2v) is 8.46. The highest BCUT2D eigenvalue weighted by Gasteiger charge is 2.27. The van der Waals surface area contributed by atoms with E-state index in [-0.39, 0.29) is 23.7 Å². The molecule has 0 unspecified atom stereocenters. The lowest BCUT2D eigenvalue weighted by atomic mass is 9.78. The molecule has 150 valence electrons.